The zero-order valence-electron chi connectivity index (χ0n) is 18.7. The molecule has 9 heteroatoms. The Morgan fingerprint density at radius 3 is 2.50 bits per heavy atom. The Bertz CT molecular complexity index is 992. The van der Waals surface area contributed by atoms with Crippen LogP contribution in [0, 0.1) is 19.8 Å². The lowest BCUT2D eigenvalue weighted by atomic mass is 9.96. The van der Waals surface area contributed by atoms with Gasteiger partial charge in [-0.1, -0.05) is 12.1 Å². The first-order chi connectivity index (χ1) is 15.3. The van der Waals surface area contributed by atoms with E-state index < -0.39 is 5.97 Å². The Labute approximate surface area is 187 Å². The molecule has 0 saturated carbocycles. The third kappa shape index (κ3) is 5.11. The van der Waals surface area contributed by atoms with Gasteiger partial charge >= 0.3 is 5.97 Å². The zero-order chi connectivity index (χ0) is 23.3. The fourth-order valence-corrected chi connectivity index (χ4v) is 4.02. The van der Waals surface area contributed by atoms with E-state index in [4.69, 9.17) is 15.2 Å². The lowest BCUT2D eigenvalue weighted by Crippen LogP contribution is -2.38. The topological polar surface area (TPSA) is 127 Å². The lowest BCUT2D eigenvalue weighted by molar-refractivity contribution is -0.122. The quantitative estimate of drug-likeness (QED) is 0.426. The first-order valence-corrected chi connectivity index (χ1v) is 10.6. The molecule has 1 fully saturated rings. The summed E-state index contributed by atoms with van der Waals surface area (Å²) >= 11 is 0. The molecule has 1 aromatic heterocycles. The number of aromatic amines is 1. The number of H-pyrrole nitrogens is 1. The minimum absolute atomic E-state index is 0.111. The van der Waals surface area contributed by atoms with Gasteiger partial charge in [0.2, 0.25) is 5.91 Å². The third-order valence-electron chi connectivity index (χ3n) is 5.78. The van der Waals surface area contributed by atoms with Crippen molar-refractivity contribution in [2.75, 3.05) is 43.6 Å². The lowest BCUT2D eigenvalue weighted by Gasteiger charge is -2.33. The summed E-state index contributed by atoms with van der Waals surface area (Å²) in [5.74, 6) is -1.22. The maximum absolute atomic E-state index is 13.1. The van der Waals surface area contributed by atoms with Crippen LogP contribution in [0.15, 0.2) is 24.3 Å². The number of aryl methyl sites for hydroxylation is 1. The van der Waals surface area contributed by atoms with E-state index in [0.29, 0.717) is 60.7 Å². The summed E-state index contributed by atoms with van der Waals surface area (Å²) in [4.78, 5) is 42.1. The number of primary amides is 1. The number of piperidine rings is 1. The molecule has 1 aliphatic heterocycles. The van der Waals surface area contributed by atoms with Crippen LogP contribution in [0.25, 0.3) is 0 Å². The summed E-state index contributed by atoms with van der Waals surface area (Å²) < 4.78 is 10.1. The Kier molecular flexibility index (Phi) is 7.53. The minimum Gasteiger partial charge on any atom is -0.460 e. The van der Waals surface area contributed by atoms with Crippen LogP contribution in [0.2, 0.25) is 0 Å². The van der Waals surface area contributed by atoms with Crippen LogP contribution in [0.1, 0.15) is 44.9 Å². The summed E-state index contributed by atoms with van der Waals surface area (Å²) in [7, 11) is 1.53. The van der Waals surface area contributed by atoms with E-state index in [9.17, 15) is 14.4 Å². The van der Waals surface area contributed by atoms with Gasteiger partial charge in [-0.15, -0.1) is 0 Å². The molecule has 1 aromatic carbocycles. The van der Waals surface area contributed by atoms with Gasteiger partial charge in [0.1, 0.15) is 12.3 Å². The smallest absolute Gasteiger partial charge is 0.340 e. The summed E-state index contributed by atoms with van der Waals surface area (Å²) in [6, 6.07) is 7.52. The standard InChI is InChI=1S/C23H30N4O5/c1-14-19(23(30)32-13-12-31-3)15(2)25-20(14)22(29)26-17-6-4-5-7-18(17)27-10-8-16(9-11-27)21(24)28/h4-7,16,25H,8-13H2,1-3H3,(H2,24,28)(H,26,29). The highest BCUT2D eigenvalue weighted by Gasteiger charge is 2.26. The van der Waals surface area contributed by atoms with Gasteiger partial charge in [0.25, 0.3) is 5.91 Å². The number of rotatable bonds is 8. The molecule has 9 nitrogen and oxygen atoms in total. The Balaban J connectivity index is 1.75. The second-order valence-corrected chi connectivity index (χ2v) is 7.89. The number of esters is 1. The van der Waals surface area contributed by atoms with Crippen LogP contribution in [0.4, 0.5) is 11.4 Å². The Morgan fingerprint density at radius 1 is 1.16 bits per heavy atom. The second-order valence-electron chi connectivity index (χ2n) is 7.89. The molecule has 0 atom stereocenters. The number of nitrogens with zero attached hydrogens (tertiary/aromatic N) is 1. The fraction of sp³-hybridized carbons (Fsp3) is 0.435. The number of hydrogen-bond acceptors (Lipinski definition) is 6. The average Bonchev–Trinajstić information content (AvgIpc) is 3.08. The van der Waals surface area contributed by atoms with E-state index in [1.165, 1.54) is 7.11 Å². The van der Waals surface area contributed by atoms with Crippen LogP contribution in [0.5, 0.6) is 0 Å². The van der Waals surface area contributed by atoms with Gasteiger partial charge in [-0.25, -0.2) is 4.79 Å². The van der Waals surface area contributed by atoms with Crippen molar-refractivity contribution in [2.45, 2.75) is 26.7 Å². The molecule has 3 rings (SSSR count). The molecule has 2 aromatic rings. The van der Waals surface area contributed by atoms with Crippen LogP contribution < -0.4 is 16.0 Å². The number of amides is 2. The highest BCUT2D eigenvalue weighted by molar-refractivity contribution is 6.08. The fourth-order valence-electron chi connectivity index (χ4n) is 4.02. The number of anilines is 2. The highest BCUT2D eigenvalue weighted by atomic mass is 16.6. The van der Waals surface area contributed by atoms with Crippen LogP contribution >= 0.6 is 0 Å². The number of aromatic nitrogens is 1. The van der Waals surface area contributed by atoms with Crippen LogP contribution in [-0.2, 0) is 14.3 Å². The van der Waals surface area contributed by atoms with Crippen LogP contribution in [-0.4, -0.2) is 56.2 Å². The first kappa shape index (κ1) is 23.3. The Hall–Kier alpha value is -3.33. The summed E-state index contributed by atoms with van der Waals surface area (Å²) in [5, 5.41) is 2.96. The molecule has 2 amide bonds. The number of carbonyl (C=O) groups excluding carboxylic acids is 3. The minimum atomic E-state index is -0.495. The van der Waals surface area contributed by atoms with E-state index in [2.05, 4.69) is 15.2 Å². The van der Waals surface area contributed by atoms with Gasteiger partial charge < -0.3 is 30.4 Å². The first-order valence-electron chi connectivity index (χ1n) is 10.6. The number of hydrogen-bond donors (Lipinski definition) is 3. The van der Waals surface area contributed by atoms with E-state index >= 15 is 0 Å². The van der Waals surface area contributed by atoms with Crippen molar-refractivity contribution >= 4 is 29.2 Å². The average molecular weight is 443 g/mol. The van der Waals surface area contributed by atoms with E-state index in [1.807, 2.05) is 24.3 Å². The van der Waals surface area contributed by atoms with Gasteiger partial charge in [0, 0.05) is 31.8 Å². The number of methoxy groups -OCH3 is 1. The molecular formula is C23H30N4O5. The molecule has 0 bridgehead atoms. The third-order valence-corrected chi connectivity index (χ3v) is 5.78. The van der Waals surface area contributed by atoms with Crippen molar-refractivity contribution in [2.24, 2.45) is 11.7 Å². The number of benzene rings is 1. The van der Waals surface area contributed by atoms with E-state index in [1.54, 1.807) is 13.8 Å². The van der Waals surface area contributed by atoms with Crippen molar-refractivity contribution in [3.05, 3.63) is 46.8 Å². The van der Waals surface area contributed by atoms with Gasteiger partial charge in [0.05, 0.1) is 23.5 Å². The molecule has 1 saturated heterocycles. The molecule has 2 heterocycles. The predicted octanol–water partition coefficient (Wildman–Crippen LogP) is 2.39. The number of carbonyl (C=O) groups is 3. The van der Waals surface area contributed by atoms with Crippen molar-refractivity contribution < 1.29 is 23.9 Å². The monoisotopic (exact) mass is 442 g/mol. The zero-order valence-corrected chi connectivity index (χ0v) is 18.7. The largest absolute Gasteiger partial charge is 0.460 e. The predicted molar refractivity (Wildman–Crippen MR) is 121 cm³/mol. The maximum atomic E-state index is 13.1. The molecular weight excluding hydrogens is 412 g/mol. The summed E-state index contributed by atoms with van der Waals surface area (Å²) in [5.41, 5.74) is 8.73. The summed E-state index contributed by atoms with van der Waals surface area (Å²) in [6.07, 6.45) is 1.36. The molecule has 1 aliphatic rings. The molecule has 0 unspecified atom stereocenters. The van der Waals surface area contributed by atoms with Crippen LogP contribution in [0.3, 0.4) is 0 Å². The Morgan fingerprint density at radius 2 is 1.84 bits per heavy atom. The number of nitrogens with one attached hydrogen (secondary N) is 2. The number of para-hydroxylation sites is 2. The van der Waals surface area contributed by atoms with Gasteiger partial charge in [0.15, 0.2) is 0 Å². The molecule has 32 heavy (non-hydrogen) atoms. The normalized spacial score (nSPS) is 14.3. The van der Waals surface area contributed by atoms with Gasteiger partial charge in [-0.2, -0.15) is 0 Å². The molecule has 4 N–H and O–H groups in total. The molecule has 0 spiro atoms. The van der Waals surface area contributed by atoms with Crippen molar-refractivity contribution in [1.29, 1.82) is 0 Å². The maximum Gasteiger partial charge on any atom is 0.340 e. The van der Waals surface area contributed by atoms with Crippen molar-refractivity contribution in [1.82, 2.24) is 4.98 Å². The van der Waals surface area contributed by atoms with Crippen molar-refractivity contribution in [3.8, 4) is 0 Å². The van der Waals surface area contributed by atoms with E-state index in [0.717, 1.165) is 5.69 Å². The molecule has 0 radical (unpaired) electrons. The molecule has 0 aliphatic carbocycles. The summed E-state index contributed by atoms with van der Waals surface area (Å²) in [6.45, 7) is 5.24. The van der Waals surface area contributed by atoms with Gasteiger partial charge in [-0.3, -0.25) is 9.59 Å². The highest BCUT2D eigenvalue weighted by Crippen LogP contribution is 2.30. The van der Waals surface area contributed by atoms with E-state index in [-0.39, 0.29) is 24.3 Å². The second kappa shape index (κ2) is 10.3. The van der Waals surface area contributed by atoms with Crippen molar-refractivity contribution in [3.63, 3.8) is 0 Å². The number of ether oxygens (including phenoxy) is 2. The number of nitrogens with two attached hydrogens (primary N) is 1. The SMILES string of the molecule is COCCOC(=O)c1c(C)[nH]c(C(=O)Nc2ccccc2N2CCC(C(N)=O)CC2)c1C. The van der Waals surface area contributed by atoms with Gasteiger partial charge in [-0.05, 0) is 44.4 Å². The molecule has 172 valence electrons.